The van der Waals surface area contributed by atoms with E-state index in [0.717, 1.165) is 36.8 Å². The molecule has 1 fully saturated rings. The van der Waals surface area contributed by atoms with Crippen molar-refractivity contribution in [2.45, 2.75) is 64.6 Å². The van der Waals surface area contributed by atoms with Crippen LogP contribution >= 0.6 is 0 Å². The van der Waals surface area contributed by atoms with E-state index in [9.17, 15) is 14.0 Å². The molecule has 0 heterocycles. The fraction of sp³-hybridized carbons (Fsp3) is 0.417. The fourth-order valence-electron chi connectivity index (χ4n) is 3.86. The Morgan fingerprint density at radius 1 is 1.07 bits per heavy atom. The highest BCUT2D eigenvalue weighted by atomic mass is 19.1. The van der Waals surface area contributed by atoms with E-state index in [1.807, 2.05) is 31.2 Å². The molecule has 0 unspecified atom stereocenters. The Kier molecular flexibility index (Phi) is 7.02. The van der Waals surface area contributed by atoms with Crippen LogP contribution in [0.15, 0.2) is 48.5 Å². The summed E-state index contributed by atoms with van der Waals surface area (Å²) in [5.74, 6) is -0.729. The van der Waals surface area contributed by atoms with E-state index in [0.29, 0.717) is 5.56 Å². The van der Waals surface area contributed by atoms with E-state index in [-0.39, 0.29) is 36.6 Å². The second-order valence-electron chi connectivity index (χ2n) is 7.88. The average molecular weight is 397 g/mol. The van der Waals surface area contributed by atoms with Gasteiger partial charge >= 0.3 is 0 Å². The molecule has 2 aromatic carbocycles. The van der Waals surface area contributed by atoms with Crippen molar-refractivity contribution >= 4 is 11.8 Å². The lowest BCUT2D eigenvalue weighted by molar-refractivity contribution is -0.140. The van der Waals surface area contributed by atoms with E-state index < -0.39 is 6.04 Å². The molecule has 0 radical (unpaired) electrons. The molecule has 0 spiro atoms. The van der Waals surface area contributed by atoms with Gasteiger partial charge in [-0.3, -0.25) is 9.59 Å². The van der Waals surface area contributed by atoms with Crippen LogP contribution in [0.2, 0.25) is 0 Å². The Bertz CT molecular complexity index is 861. The summed E-state index contributed by atoms with van der Waals surface area (Å²) in [7, 11) is 0. The molecule has 1 aliphatic rings. The van der Waals surface area contributed by atoms with Gasteiger partial charge in [0, 0.05) is 18.2 Å². The SMILES string of the molecule is Cc1ccccc1CC(=O)N(Cc1ccccc1F)[C@H](C)C(=O)NC1CCCC1. The van der Waals surface area contributed by atoms with E-state index >= 15 is 0 Å². The Morgan fingerprint density at radius 3 is 2.34 bits per heavy atom. The summed E-state index contributed by atoms with van der Waals surface area (Å²) in [6, 6.07) is 13.6. The highest BCUT2D eigenvalue weighted by molar-refractivity contribution is 5.88. The van der Waals surface area contributed by atoms with Gasteiger partial charge < -0.3 is 10.2 Å². The lowest BCUT2D eigenvalue weighted by Gasteiger charge is -2.30. The standard InChI is InChI=1S/C24H29FN2O2/c1-17-9-3-4-10-19(17)15-23(28)27(16-20-11-5-8-14-22(20)25)18(2)24(29)26-21-12-6-7-13-21/h3-5,8-11,14,18,21H,6-7,12-13,15-16H2,1-2H3,(H,26,29)/t18-/m1/s1. The van der Waals surface area contributed by atoms with Gasteiger partial charge in [0.2, 0.25) is 11.8 Å². The number of halogens is 1. The minimum atomic E-state index is -0.674. The number of amides is 2. The molecular formula is C24H29FN2O2. The van der Waals surface area contributed by atoms with Gasteiger partial charge in [-0.15, -0.1) is 0 Å². The highest BCUT2D eigenvalue weighted by Crippen LogP contribution is 2.19. The van der Waals surface area contributed by atoms with E-state index in [4.69, 9.17) is 0 Å². The number of hydrogen-bond donors (Lipinski definition) is 1. The molecule has 1 atom stereocenters. The molecule has 0 aliphatic heterocycles. The average Bonchev–Trinajstić information content (AvgIpc) is 3.21. The number of nitrogens with zero attached hydrogens (tertiary/aromatic N) is 1. The molecule has 29 heavy (non-hydrogen) atoms. The van der Waals surface area contributed by atoms with Gasteiger partial charge in [-0.25, -0.2) is 4.39 Å². The first kappa shape index (κ1) is 21.0. The Morgan fingerprint density at radius 2 is 1.69 bits per heavy atom. The molecule has 154 valence electrons. The van der Waals surface area contributed by atoms with Crippen LogP contribution in [0.5, 0.6) is 0 Å². The molecule has 0 bridgehead atoms. The van der Waals surface area contributed by atoms with Gasteiger partial charge in [0.15, 0.2) is 0 Å². The first-order chi connectivity index (χ1) is 14.0. The predicted octanol–water partition coefficient (Wildman–Crippen LogP) is 4.15. The third-order valence-corrected chi connectivity index (χ3v) is 5.77. The highest BCUT2D eigenvalue weighted by Gasteiger charge is 2.29. The van der Waals surface area contributed by atoms with Gasteiger partial charge in [0.25, 0.3) is 0 Å². The number of nitrogens with one attached hydrogen (secondary N) is 1. The van der Waals surface area contributed by atoms with E-state index in [1.54, 1.807) is 25.1 Å². The third-order valence-electron chi connectivity index (χ3n) is 5.77. The number of carbonyl (C=O) groups is 2. The summed E-state index contributed by atoms with van der Waals surface area (Å²) in [4.78, 5) is 27.5. The van der Waals surface area contributed by atoms with Crippen molar-refractivity contribution in [2.75, 3.05) is 0 Å². The molecule has 5 heteroatoms. The second-order valence-corrected chi connectivity index (χ2v) is 7.88. The van der Waals surface area contributed by atoms with Crippen molar-refractivity contribution in [2.24, 2.45) is 0 Å². The van der Waals surface area contributed by atoms with Crippen LogP contribution in [0.25, 0.3) is 0 Å². The van der Waals surface area contributed by atoms with Crippen molar-refractivity contribution < 1.29 is 14.0 Å². The predicted molar refractivity (Wildman–Crippen MR) is 112 cm³/mol. The fourth-order valence-corrected chi connectivity index (χ4v) is 3.86. The largest absolute Gasteiger partial charge is 0.352 e. The summed E-state index contributed by atoms with van der Waals surface area (Å²) in [6.45, 7) is 3.75. The Labute approximate surface area is 172 Å². The van der Waals surface area contributed by atoms with Crippen LogP contribution in [0.1, 0.15) is 49.3 Å². The lowest BCUT2D eigenvalue weighted by atomic mass is 10.0. The zero-order valence-corrected chi connectivity index (χ0v) is 17.2. The number of benzene rings is 2. The number of aryl methyl sites for hydroxylation is 1. The molecule has 0 aromatic heterocycles. The third kappa shape index (κ3) is 5.43. The molecular weight excluding hydrogens is 367 g/mol. The van der Waals surface area contributed by atoms with Crippen LogP contribution < -0.4 is 5.32 Å². The number of rotatable bonds is 7. The number of carbonyl (C=O) groups excluding carboxylic acids is 2. The van der Waals surface area contributed by atoms with Crippen LogP contribution in [0.4, 0.5) is 4.39 Å². The van der Waals surface area contributed by atoms with Gasteiger partial charge in [-0.2, -0.15) is 0 Å². The lowest BCUT2D eigenvalue weighted by Crippen LogP contribution is -2.50. The maximum Gasteiger partial charge on any atom is 0.242 e. The van der Waals surface area contributed by atoms with Crippen molar-refractivity contribution in [1.29, 1.82) is 0 Å². The summed E-state index contributed by atoms with van der Waals surface area (Å²) in [5.41, 5.74) is 2.35. The van der Waals surface area contributed by atoms with Crippen LogP contribution in [-0.4, -0.2) is 28.8 Å². The number of hydrogen-bond acceptors (Lipinski definition) is 2. The molecule has 2 amide bonds. The van der Waals surface area contributed by atoms with Crippen LogP contribution in [-0.2, 0) is 22.6 Å². The first-order valence-corrected chi connectivity index (χ1v) is 10.3. The topological polar surface area (TPSA) is 49.4 Å². The molecule has 1 aliphatic carbocycles. The zero-order chi connectivity index (χ0) is 20.8. The smallest absolute Gasteiger partial charge is 0.242 e. The maximum atomic E-state index is 14.3. The van der Waals surface area contributed by atoms with E-state index in [1.165, 1.54) is 11.0 Å². The van der Waals surface area contributed by atoms with Crippen molar-refractivity contribution in [3.05, 3.63) is 71.0 Å². The van der Waals surface area contributed by atoms with Crippen molar-refractivity contribution in [1.82, 2.24) is 10.2 Å². The van der Waals surface area contributed by atoms with Crippen LogP contribution in [0.3, 0.4) is 0 Å². The molecule has 1 saturated carbocycles. The van der Waals surface area contributed by atoms with Gasteiger partial charge in [-0.1, -0.05) is 55.3 Å². The van der Waals surface area contributed by atoms with Crippen LogP contribution in [0, 0.1) is 12.7 Å². The monoisotopic (exact) mass is 396 g/mol. The normalized spacial score (nSPS) is 15.1. The van der Waals surface area contributed by atoms with E-state index in [2.05, 4.69) is 5.32 Å². The first-order valence-electron chi connectivity index (χ1n) is 10.3. The molecule has 4 nitrogen and oxygen atoms in total. The quantitative estimate of drug-likeness (QED) is 0.764. The zero-order valence-electron chi connectivity index (χ0n) is 17.2. The molecule has 0 saturated heterocycles. The molecule has 3 rings (SSSR count). The summed E-state index contributed by atoms with van der Waals surface area (Å²) < 4.78 is 14.3. The van der Waals surface area contributed by atoms with Gasteiger partial charge in [0.05, 0.1) is 6.42 Å². The molecule has 2 aromatic rings. The summed E-state index contributed by atoms with van der Waals surface area (Å²) in [5, 5.41) is 3.06. The van der Waals surface area contributed by atoms with Crippen molar-refractivity contribution in [3.63, 3.8) is 0 Å². The maximum absolute atomic E-state index is 14.3. The Hall–Kier alpha value is -2.69. The minimum absolute atomic E-state index is 0.0661. The summed E-state index contributed by atoms with van der Waals surface area (Å²) in [6.07, 6.45) is 4.36. The van der Waals surface area contributed by atoms with Gasteiger partial charge in [-0.05, 0) is 43.9 Å². The van der Waals surface area contributed by atoms with Crippen molar-refractivity contribution in [3.8, 4) is 0 Å². The summed E-state index contributed by atoms with van der Waals surface area (Å²) >= 11 is 0. The Balaban J connectivity index is 1.80. The molecule has 1 N–H and O–H groups in total. The minimum Gasteiger partial charge on any atom is -0.352 e. The van der Waals surface area contributed by atoms with Gasteiger partial charge in [0.1, 0.15) is 11.9 Å². The second kappa shape index (κ2) is 9.68.